The highest BCUT2D eigenvalue weighted by Crippen LogP contribution is 2.16. The third kappa shape index (κ3) is 4.19. The van der Waals surface area contributed by atoms with Gasteiger partial charge in [-0.2, -0.15) is 0 Å². The summed E-state index contributed by atoms with van der Waals surface area (Å²) in [6, 6.07) is 7.55. The number of carbonyl (C=O) groups excluding carboxylic acids is 1. The summed E-state index contributed by atoms with van der Waals surface area (Å²) >= 11 is 0. The zero-order valence-corrected chi connectivity index (χ0v) is 11.0. The molecule has 0 aliphatic carbocycles. The van der Waals surface area contributed by atoms with Crippen molar-refractivity contribution < 1.29 is 9.53 Å². The molecule has 1 aromatic carbocycles. The van der Waals surface area contributed by atoms with Crippen LogP contribution in [0.1, 0.15) is 31.0 Å². The van der Waals surface area contributed by atoms with Gasteiger partial charge in [0.25, 0.3) is 0 Å². The summed E-state index contributed by atoms with van der Waals surface area (Å²) in [5, 5.41) is 3.24. The second kappa shape index (κ2) is 6.40. The van der Waals surface area contributed by atoms with Crippen LogP contribution in [0.15, 0.2) is 24.3 Å². The average molecular weight is 235 g/mol. The molecule has 0 saturated carbocycles. The minimum Gasteiger partial charge on any atom is -0.468 e. The largest absolute Gasteiger partial charge is 0.468 e. The lowest BCUT2D eigenvalue weighted by molar-refractivity contribution is -0.143. The summed E-state index contributed by atoms with van der Waals surface area (Å²) in [4.78, 5) is 11.8. The molecule has 0 aliphatic rings. The molecular formula is C14H21NO2. The smallest absolute Gasteiger partial charge is 0.327 e. The molecule has 1 rings (SSSR count). The minimum atomic E-state index is -0.373. The first-order chi connectivity index (χ1) is 8.04. The van der Waals surface area contributed by atoms with E-state index in [0.29, 0.717) is 5.92 Å². The Kier molecular flexibility index (Phi) is 5.16. The Morgan fingerprint density at radius 1 is 1.41 bits per heavy atom. The molecule has 0 aromatic heterocycles. The van der Waals surface area contributed by atoms with E-state index >= 15 is 0 Å². The van der Waals surface area contributed by atoms with E-state index in [1.165, 1.54) is 7.11 Å². The van der Waals surface area contributed by atoms with Crippen molar-refractivity contribution >= 4 is 5.97 Å². The van der Waals surface area contributed by atoms with Crippen LogP contribution >= 0.6 is 0 Å². The topological polar surface area (TPSA) is 38.3 Å². The molecule has 17 heavy (non-hydrogen) atoms. The van der Waals surface area contributed by atoms with E-state index < -0.39 is 0 Å². The monoisotopic (exact) mass is 235 g/mol. The molecule has 94 valence electrons. The molecule has 3 nitrogen and oxygen atoms in total. The Morgan fingerprint density at radius 2 is 2.12 bits per heavy atom. The first kappa shape index (κ1) is 13.7. The molecule has 0 radical (unpaired) electrons. The summed E-state index contributed by atoms with van der Waals surface area (Å²) in [5.74, 6) is 0.253. The second-order valence-electron chi connectivity index (χ2n) is 4.67. The molecule has 0 bridgehead atoms. The van der Waals surface area contributed by atoms with Crippen molar-refractivity contribution in [3.63, 3.8) is 0 Å². The van der Waals surface area contributed by atoms with Gasteiger partial charge in [-0.05, 0) is 24.9 Å². The van der Waals surface area contributed by atoms with Crippen molar-refractivity contribution in [2.45, 2.75) is 26.8 Å². The number of benzene rings is 1. The van der Waals surface area contributed by atoms with Gasteiger partial charge in [0.2, 0.25) is 0 Å². The highest BCUT2D eigenvalue weighted by atomic mass is 16.5. The van der Waals surface area contributed by atoms with Crippen molar-refractivity contribution in [1.82, 2.24) is 5.32 Å². The maximum atomic E-state index is 11.8. The van der Waals surface area contributed by atoms with E-state index in [1.807, 2.05) is 31.2 Å². The zero-order chi connectivity index (χ0) is 12.8. The number of hydrogen-bond acceptors (Lipinski definition) is 3. The van der Waals surface area contributed by atoms with Gasteiger partial charge in [-0.3, -0.25) is 0 Å². The molecule has 1 unspecified atom stereocenters. The Morgan fingerprint density at radius 3 is 2.65 bits per heavy atom. The number of methoxy groups -OCH3 is 1. The standard InChI is InChI=1S/C14H21NO2/c1-10(2)9-15-13(14(16)17-4)12-7-5-6-11(3)8-12/h5-8,10,13,15H,9H2,1-4H3. The highest BCUT2D eigenvalue weighted by Gasteiger charge is 2.20. The number of carbonyl (C=O) groups is 1. The molecule has 0 saturated heterocycles. The molecule has 1 N–H and O–H groups in total. The molecule has 0 heterocycles. The highest BCUT2D eigenvalue weighted by molar-refractivity contribution is 5.77. The van der Waals surface area contributed by atoms with Crippen LogP contribution in [0.3, 0.4) is 0 Å². The van der Waals surface area contributed by atoms with E-state index in [9.17, 15) is 4.79 Å². The number of aryl methyl sites for hydroxylation is 1. The van der Waals surface area contributed by atoms with Crippen molar-refractivity contribution in [3.8, 4) is 0 Å². The lowest BCUT2D eigenvalue weighted by Crippen LogP contribution is -2.32. The molecular weight excluding hydrogens is 214 g/mol. The number of esters is 1. The first-order valence-electron chi connectivity index (χ1n) is 5.92. The van der Waals surface area contributed by atoms with E-state index in [1.54, 1.807) is 0 Å². The SMILES string of the molecule is COC(=O)C(NCC(C)C)c1cccc(C)c1. The van der Waals surface area contributed by atoms with Crippen LogP contribution in [0.4, 0.5) is 0 Å². The van der Waals surface area contributed by atoms with Crippen LogP contribution < -0.4 is 5.32 Å². The lowest BCUT2D eigenvalue weighted by atomic mass is 10.0. The van der Waals surface area contributed by atoms with Crippen molar-refractivity contribution in [3.05, 3.63) is 35.4 Å². The van der Waals surface area contributed by atoms with Crippen LogP contribution in [0.2, 0.25) is 0 Å². The van der Waals surface area contributed by atoms with Crippen LogP contribution in [0.25, 0.3) is 0 Å². The van der Waals surface area contributed by atoms with Gasteiger partial charge in [0.1, 0.15) is 6.04 Å². The van der Waals surface area contributed by atoms with Gasteiger partial charge in [-0.1, -0.05) is 43.7 Å². The normalized spacial score (nSPS) is 12.5. The molecule has 1 atom stereocenters. The van der Waals surface area contributed by atoms with E-state index in [2.05, 4.69) is 19.2 Å². The van der Waals surface area contributed by atoms with Crippen LogP contribution in [-0.4, -0.2) is 19.6 Å². The van der Waals surface area contributed by atoms with Crippen molar-refractivity contribution in [2.75, 3.05) is 13.7 Å². The Labute approximate surface area is 103 Å². The molecule has 3 heteroatoms. The molecule has 1 aromatic rings. The van der Waals surface area contributed by atoms with E-state index in [0.717, 1.165) is 17.7 Å². The average Bonchev–Trinajstić information content (AvgIpc) is 2.28. The van der Waals surface area contributed by atoms with Gasteiger partial charge in [0.15, 0.2) is 0 Å². The number of rotatable bonds is 5. The van der Waals surface area contributed by atoms with Gasteiger partial charge in [0, 0.05) is 0 Å². The predicted molar refractivity (Wildman–Crippen MR) is 68.8 cm³/mol. The van der Waals surface area contributed by atoms with Gasteiger partial charge >= 0.3 is 5.97 Å². The maximum Gasteiger partial charge on any atom is 0.327 e. The van der Waals surface area contributed by atoms with Crippen LogP contribution in [-0.2, 0) is 9.53 Å². The molecule has 0 spiro atoms. The molecule has 0 amide bonds. The lowest BCUT2D eigenvalue weighted by Gasteiger charge is -2.18. The fourth-order valence-electron chi connectivity index (χ4n) is 1.66. The summed E-state index contributed by atoms with van der Waals surface area (Å²) < 4.78 is 4.84. The van der Waals surface area contributed by atoms with Crippen molar-refractivity contribution in [2.24, 2.45) is 5.92 Å². The van der Waals surface area contributed by atoms with Gasteiger partial charge in [-0.25, -0.2) is 4.79 Å². The minimum absolute atomic E-state index is 0.240. The third-order valence-corrected chi connectivity index (χ3v) is 2.54. The molecule has 0 aliphatic heterocycles. The second-order valence-corrected chi connectivity index (χ2v) is 4.67. The zero-order valence-electron chi connectivity index (χ0n) is 11.0. The summed E-state index contributed by atoms with van der Waals surface area (Å²) in [6.07, 6.45) is 0. The van der Waals surface area contributed by atoms with Crippen molar-refractivity contribution in [1.29, 1.82) is 0 Å². The van der Waals surface area contributed by atoms with E-state index in [4.69, 9.17) is 4.74 Å². The van der Waals surface area contributed by atoms with E-state index in [-0.39, 0.29) is 12.0 Å². The van der Waals surface area contributed by atoms with Gasteiger partial charge < -0.3 is 10.1 Å². The predicted octanol–water partition coefficient (Wildman–Crippen LogP) is 2.45. The quantitative estimate of drug-likeness (QED) is 0.797. The van der Waals surface area contributed by atoms with Gasteiger partial charge in [0.05, 0.1) is 7.11 Å². The number of ether oxygens (including phenoxy) is 1. The Bertz CT molecular complexity index is 374. The third-order valence-electron chi connectivity index (χ3n) is 2.54. The van der Waals surface area contributed by atoms with Crippen LogP contribution in [0.5, 0.6) is 0 Å². The fraction of sp³-hybridized carbons (Fsp3) is 0.500. The van der Waals surface area contributed by atoms with Gasteiger partial charge in [-0.15, -0.1) is 0 Å². The summed E-state index contributed by atoms with van der Waals surface area (Å²) in [6.45, 7) is 7.02. The number of nitrogens with one attached hydrogen (secondary N) is 1. The first-order valence-corrected chi connectivity index (χ1v) is 5.92. The maximum absolute atomic E-state index is 11.8. The Hall–Kier alpha value is -1.35. The summed E-state index contributed by atoms with van der Waals surface area (Å²) in [7, 11) is 1.42. The van der Waals surface area contributed by atoms with Crippen LogP contribution in [0, 0.1) is 12.8 Å². The Balaban J connectivity index is 2.86. The molecule has 0 fully saturated rings. The fourth-order valence-corrected chi connectivity index (χ4v) is 1.66. The summed E-state index contributed by atoms with van der Waals surface area (Å²) in [5.41, 5.74) is 2.10. The number of hydrogen-bond donors (Lipinski definition) is 1.